The van der Waals surface area contributed by atoms with E-state index in [4.69, 9.17) is 11.0 Å². The zero-order valence-electron chi connectivity index (χ0n) is 10.4. The van der Waals surface area contributed by atoms with Crippen molar-refractivity contribution < 1.29 is 4.39 Å². The summed E-state index contributed by atoms with van der Waals surface area (Å²) in [6.45, 7) is 0. The lowest BCUT2D eigenvalue weighted by atomic mass is 10.2. The second-order valence-electron chi connectivity index (χ2n) is 4.34. The Labute approximate surface area is 136 Å². The molecule has 0 aliphatic heterocycles. The first-order valence-corrected chi connectivity index (χ1v) is 7.43. The molecule has 2 aromatic carbocycles. The number of nitriles is 1. The van der Waals surface area contributed by atoms with Gasteiger partial charge in [-0.1, -0.05) is 0 Å². The Morgan fingerprint density at radius 3 is 2.62 bits per heavy atom. The smallest absolute Gasteiger partial charge is 0.205 e. The molecule has 0 aliphatic rings. The molecule has 1 aromatic heterocycles. The predicted octanol–water partition coefficient (Wildman–Crippen LogP) is 4.14. The quantitative estimate of drug-likeness (QED) is 0.656. The third kappa shape index (κ3) is 2.30. The Hall–Kier alpha value is -1.91. The molecule has 0 atom stereocenters. The average molecular weight is 410 g/mol. The molecule has 0 bridgehead atoms. The van der Waals surface area contributed by atoms with E-state index in [9.17, 15) is 4.39 Å². The number of benzene rings is 2. The second kappa shape index (κ2) is 5.13. The van der Waals surface area contributed by atoms with E-state index in [0.717, 1.165) is 5.69 Å². The number of fused-ring (bicyclic) bond motifs is 1. The first-order valence-electron chi connectivity index (χ1n) is 5.84. The molecule has 21 heavy (non-hydrogen) atoms. The van der Waals surface area contributed by atoms with Crippen LogP contribution in [0.4, 0.5) is 10.3 Å². The van der Waals surface area contributed by atoms with Gasteiger partial charge in [0.15, 0.2) is 0 Å². The minimum absolute atomic E-state index is 0.243. The number of hydrogen-bond donors (Lipinski definition) is 1. The summed E-state index contributed by atoms with van der Waals surface area (Å²) < 4.78 is 16.3. The Morgan fingerprint density at radius 1 is 1.19 bits per heavy atom. The van der Waals surface area contributed by atoms with Crippen LogP contribution in [0.5, 0.6) is 0 Å². The number of hydrogen-bond acceptors (Lipinski definition) is 3. The van der Waals surface area contributed by atoms with Gasteiger partial charge in [-0.3, -0.25) is 4.57 Å². The van der Waals surface area contributed by atoms with Crippen molar-refractivity contribution in [1.29, 1.82) is 5.26 Å². The van der Waals surface area contributed by atoms with Crippen LogP contribution in [0, 0.1) is 17.1 Å². The lowest BCUT2D eigenvalue weighted by molar-refractivity contribution is 0.623. The fraction of sp³-hybridized carbons (Fsp3) is 0. The number of nitrogen functional groups attached to an aromatic ring is 1. The molecular formula is C14H7Br2FN4. The molecule has 0 spiro atoms. The van der Waals surface area contributed by atoms with E-state index < -0.39 is 5.82 Å². The number of imidazole rings is 1. The molecule has 0 fully saturated rings. The summed E-state index contributed by atoms with van der Waals surface area (Å²) in [7, 11) is 0. The van der Waals surface area contributed by atoms with Crippen molar-refractivity contribution in [2.45, 2.75) is 0 Å². The van der Waals surface area contributed by atoms with Gasteiger partial charge in [-0.15, -0.1) is 0 Å². The van der Waals surface area contributed by atoms with Crippen LogP contribution >= 0.6 is 31.9 Å². The Kier molecular flexibility index (Phi) is 3.43. The third-order valence-electron chi connectivity index (χ3n) is 3.04. The molecule has 7 heteroatoms. The fourth-order valence-electron chi connectivity index (χ4n) is 2.10. The monoisotopic (exact) mass is 408 g/mol. The normalized spacial score (nSPS) is 10.8. The molecule has 3 aromatic rings. The molecular weight excluding hydrogens is 403 g/mol. The number of halogens is 3. The van der Waals surface area contributed by atoms with Gasteiger partial charge in [0, 0.05) is 10.5 Å². The summed E-state index contributed by atoms with van der Waals surface area (Å²) in [6.07, 6.45) is 0. The Balaban J connectivity index is 2.32. The van der Waals surface area contributed by atoms with Gasteiger partial charge in [0.25, 0.3) is 0 Å². The van der Waals surface area contributed by atoms with Crippen molar-refractivity contribution in [2.75, 3.05) is 5.73 Å². The molecule has 0 aliphatic carbocycles. The van der Waals surface area contributed by atoms with E-state index in [-0.39, 0.29) is 5.95 Å². The topological polar surface area (TPSA) is 67.6 Å². The highest BCUT2D eigenvalue weighted by Gasteiger charge is 2.15. The second-order valence-corrected chi connectivity index (χ2v) is 6.05. The van der Waals surface area contributed by atoms with Crippen LogP contribution in [-0.4, -0.2) is 9.55 Å². The highest BCUT2D eigenvalue weighted by atomic mass is 79.9. The zero-order chi connectivity index (χ0) is 15.1. The highest BCUT2D eigenvalue weighted by Crippen LogP contribution is 2.31. The van der Waals surface area contributed by atoms with E-state index in [0.29, 0.717) is 25.5 Å². The lowest BCUT2D eigenvalue weighted by Crippen LogP contribution is -2.01. The molecule has 0 saturated carbocycles. The third-order valence-corrected chi connectivity index (χ3v) is 4.28. The summed E-state index contributed by atoms with van der Waals surface area (Å²) in [4.78, 5) is 4.17. The summed E-state index contributed by atoms with van der Waals surface area (Å²) >= 11 is 6.58. The van der Waals surface area contributed by atoms with Gasteiger partial charge in [0.1, 0.15) is 5.82 Å². The molecule has 0 amide bonds. The van der Waals surface area contributed by atoms with Crippen LogP contribution in [0.25, 0.3) is 16.7 Å². The van der Waals surface area contributed by atoms with Crippen LogP contribution in [-0.2, 0) is 0 Å². The lowest BCUT2D eigenvalue weighted by Gasteiger charge is -2.09. The van der Waals surface area contributed by atoms with Gasteiger partial charge in [-0.2, -0.15) is 5.26 Å². The van der Waals surface area contributed by atoms with Crippen LogP contribution in [0.1, 0.15) is 5.56 Å². The molecule has 0 radical (unpaired) electrons. The maximum Gasteiger partial charge on any atom is 0.205 e. The molecule has 1 heterocycles. The highest BCUT2D eigenvalue weighted by molar-refractivity contribution is 9.10. The standard InChI is InChI=1S/C14H7Br2FN4/c15-8-4-13-11(5-10(8)17)20-14(19)21(13)12-2-1-7(6-18)3-9(12)16/h1-5H,(H2,19,20). The van der Waals surface area contributed by atoms with Crippen molar-refractivity contribution >= 4 is 48.8 Å². The van der Waals surface area contributed by atoms with Gasteiger partial charge >= 0.3 is 0 Å². The molecule has 0 unspecified atom stereocenters. The summed E-state index contributed by atoms with van der Waals surface area (Å²) in [6, 6.07) is 10.2. The number of rotatable bonds is 1. The van der Waals surface area contributed by atoms with Crippen LogP contribution in [0.15, 0.2) is 39.3 Å². The Bertz CT molecular complexity index is 911. The van der Waals surface area contributed by atoms with E-state index >= 15 is 0 Å². The van der Waals surface area contributed by atoms with Crippen molar-refractivity contribution in [3.05, 3.63) is 50.7 Å². The van der Waals surface area contributed by atoms with Crippen molar-refractivity contribution in [3.8, 4) is 11.8 Å². The molecule has 2 N–H and O–H groups in total. The predicted molar refractivity (Wildman–Crippen MR) is 85.6 cm³/mol. The van der Waals surface area contributed by atoms with Gasteiger partial charge in [-0.25, -0.2) is 9.37 Å². The molecule has 3 rings (SSSR count). The average Bonchev–Trinajstić information content (AvgIpc) is 2.75. The largest absolute Gasteiger partial charge is 0.369 e. The van der Waals surface area contributed by atoms with E-state index in [1.54, 1.807) is 28.8 Å². The zero-order valence-corrected chi connectivity index (χ0v) is 13.6. The van der Waals surface area contributed by atoms with E-state index in [1.807, 2.05) is 0 Å². The molecule has 0 saturated heterocycles. The minimum Gasteiger partial charge on any atom is -0.369 e. The van der Waals surface area contributed by atoms with Gasteiger partial charge in [-0.05, 0) is 56.1 Å². The number of nitrogens with zero attached hydrogens (tertiary/aromatic N) is 3. The van der Waals surface area contributed by atoms with Gasteiger partial charge < -0.3 is 5.73 Å². The number of nitrogens with two attached hydrogens (primary N) is 1. The summed E-state index contributed by atoms with van der Waals surface area (Å²) in [5.41, 5.74) is 8.35. The van der Waals surface area contributed by atoms with Crippen LogP contribution in [0.3, 0.4) is 0 Å². The molecule has 104 valence electrons. The van der Waals surface area contributed by atoms with E-state index in [2.05, 4.69) is 42.9 Å². The van der Waals surface area contributed by atoms with Crippen molar-refractivity contribution in [3.63, 3.8) is 0 Å². The Morgan fingerprint density at radius 2 is 1.95 bits per heavy atom. The van der Waals surface area contributed by atoms with E-state index in [1.165, 1.54) is 6.07 Å². The van der Waals surface area contributed by atoms with Crippen LogP contribution in [0.2, 0.25) is 0 Å². The minimum atomic E-state index is -0.397. The van der Waals surface area contributed by atoms with Gasteiger partial charge in [0.2, 0.25) is 5.95 Å². The van der Waals surface area contributed by atoms with Gasteiger partial charge in [0.05, 0.1) is 32.8 Å². The first-order chi connectivity index (χ1) is 10.0. The van der Waals surface area contributed by atoms with Crippen LogP contribution < -0.4 is 5.73 Å². The maximum absolute atomic E-state index is 13.6. The first kappa shape index (κ1) is 14.0. The maximum atomic E-state index is 13.6. The molecule has 4 nitrogen and oxygen atoms in total. The fourth-order valence-corrected chi connectivity index (χ4v) is 2.99. The summed E-state index contributed by atoms with van der Waals surface area (Å²) in [5.74, 6) is -0.154. The number of aromatic nitrogens is 2. The van der Waals surface area contributed by atoms with Crippen molar-refractivity contribution in [2.24, 2.45) is 0 Å². The van der Waals surface area contributed by atoms with Crippen molar-refractivity contribution in [1.82, 2.24) is 9.55 Å². The SMILES string of the molecule is N#Cc1ccc(-n2c(N)nc3cc(F)c(Br)cc32)c(Br)c1. The summed E-state index contributed by atoms with van der Waals surface area (Å²) in [5, 5.41) is 8.91. The number of anilines is 1.